The Morgan fingerprint density at radius 1 is 1.33 bits per heavy atom. The SMILES string of the molecule is CCC(C)(C)OC(=O)C(Cl)(Cl)Cl. The maximum atomic E-state index is 11.0. The highest BCUT2D eigenvalue weighted by atomic mass is 35.6. The standard InChI is InChI=1S/C7H11Cl3O2/c1-4-6(2,3)12-5(11)7(8,9)10/h4H2,1-3H3. The molecule has 0 aliphatic rings. The second-order valence-corrected chi connectivity index (χ2v) is 5.28. The van der Waals surface area contributed by atoms with Crippen molar-refractivity contribution in [2.75, 3.05) is 0 Å². The molecule has 0 rings (SSSR count). The third-order valence-electron chi connectivity index (χ3n) is 1.45. The fraction of sp³-hybridized carbons (Fsp3) is 0.857. The minimum absolute atomic E-state index is 0.582. The molecule has 72 valence electrons. The molecule has 5 heteroatoms. The van der Waals surface area contributed by atoms with E-state index < -0.39 is 15.4 Å². The van der Waals surface area contributed by atoms with Crippen molar-refractivity contribution in [2.45, 2.75) is 36.6 Å². The van der Waals surface area contributed by atoms with Crippen LogP contribution in [0.15, 0.2) is 0 Å². The second kappa shape index (κ2) is 4.03. The summed E-state index contributed by atoms with van der Waals surface area (Å²) in [4.78, 5) is 11.0. The van der Waals surface area contributed by atoms with Crippen LogP contribution in [-0.2, 0) is 9.53 Å². The Morgan fingerprint density at radius 2 is 1.75 bits per heavy atom. The van der Waals surface area contributed by atoms with E-state index in [-0.39, 0.29) is 0 Å². The number of carbonyl (C=O) groups is 1. The van der Waals surface area contributed by atoms with Gasteiger partial charge in [-0.3, -0.25) is 0 Å². The molecule has 0 fully saturated rings. The number of hydrogen-bond acceptors (Lipinski definition) is 2. The Morgan fingerprint density at radius 3 is 2.00 bits per heavy atom. The summed E-state index contributed by atoms with van der Waals surface area (Å²) in [6, 6.07) is 0. The van der Waals surface area contributed by atoms with E-state index in [4.69, 9.17) is 39.5 Å². The average molecular weight is 234 g/mol. The van der Waals surface area contributed by atoms with Crippen LogP contribution in [0, 0.1) is 0 Å². The fourth-order valence-corrected chi connectivity index (χ4v) is 0.497. The summed E-state index contributed by atoms with van der Waals surface area (Å²) in [5, 5.41) is 0. The van der Waals surface area contributed by atoms with Gasteiger partial charge in [0.15, 0.2) is 0 Å². The minimum atomic E-state index is -1.98. The lowest BCUT2D eigenvalue weighted by Gasteiger charge is -2.25. The Kier molecular flexibility index (Phi) is 4.15. The first-order valence-electron chi connectivity index (χ1n) is 3.49. The lowest BCUT2D eigenvalue weighted by molar-refractivity contribution is -0.155. The zero-order valence-electron chi connectivity index (χ0n) is 7.16. The zero-order chi connectivity index (χ0) is 9.99. The third kappa shape index (κ3) is 4.39. The number of rotatable bonds is 2. The van der Waals surface area contributed by atoms with Gasteiger partial charge in [-0.05, 0) is 20.3 Å². The molecule has 0 bridgehead atoms. The molecule has 0 aromatic carbocycles. The largest absolute Gasteiger partial charge is 0.457 e. The summed E-state index contributed by atoms with van der Waals surface area (Å²) in [6.45, 7) is 5.38. The van der Waals surface area contributed by atoms with Crippen LogP contribution >= 0.6 is 34.8 Å². The summed E-state index contributed by atoms with van der Waals surface area (Å²) < 4.78 is 2.94. The Labute approximate surface area is 87.1 Å². The van der Waals surface area contributed by atoms with Crippen LogP contribution in [0.3, 0.4) is 0 Å². The van der Waals surface area contributed by atoms with Crippen molar-refractivity contribution >= 4 is 40.8 Å². The van der Waals surface area contributed by atoms with Crippen molar-refractivity contribution in [3.63, 3.8) is 0 Å². The third-order valence-corrected chi connectivity index (χ3v) is 1.91. The number of ether oxygens (including phenoxy) is 1. The van der Waals surface area contributed by atoms with E-state index in [0.717, 1.165) is 0 Å². The Bertz CT molecular complexity index is 172. The highest BCUT2D eigenvalue weighted by molar-refractivity contribution is 6.75. The maximum absolute atomic E-state index is 11.0. The monoisotopic (exact) mass is 232 g/mol. The molecular weight excluding hydrogens is 222 g/mol. The van der Waals surface area contributed by atoms with E-state index in [0.29, 0.717) is 6.42 Å². The van der Waals surface area contributed by atoms with Crippen molar-refractivity contribution in [3.05, 3.63) is 0 Å². The first-order chi connectivity index (χ1) is 5.19. The van der Waals surface area contributed by atoms with E-state index in [1.165, 1.54) is 0 Å². The van der Waals surface area contributed by atoms with Gasteiger partial charge in [-0.2, -0.15) is 0 Å². The van der Waals surface area contributed by atoms with Crippen LogP contribution in [0.25, 0.3) is 0 Å². The van der Waals surface area contributed by atoms with Crippen molar-refractivity contribution in [1.82, 2.24) is 0 Å². The van der Waals surface area contributed by atoms with Crippen LogP contribution in [0.5, 0.6) is 0 Å². The van der Waals surface area contributed by atoms with E-state index in [9.17, 15) is 4.79 Å². The second-order valence-electron chi connectivity index (χ2n) is 3.00. The molecule has 0 radical (unpaired) electrons. The van der Waals surface area contributed by atoms with Gasteiger partial charge in [0.2, 0.25) is 0 Å². The van der Waals surface area contributed by atoms with Gasteiger partial charge in [0.25, 0.3) is 3.79 Å². The molecule has 0 amide bonds. The van der Waals surface area contributed by atoms with Gasteiger partial charge in [-0.1, -0.05) is 41.7 Å². The van der Waals surface area contributed by atoms with Crippen LogP contribution in [0.2, 0.25) is 0 Å². The average Bonchev–Trinajstić information content (AvgIpc) is 1.85. The molecule has 2 nitrogen and oxygen atoms in total. The molecule has 0 N–H and O–H groups in total. The molecule has 0 saturated carbocycles. The fourth-order valence-electron chi connectivity index (χ4n) is 0.381. The highest BCUT2D eigenvalue weighted by Crippen LogP contribution is 2.30. The molecule has 0 aliphatic carbocycles. The molecule has 0 saturated heterocycles. The van der Waals surface area contributed by atoms with E-state index in [1.807, 2.05) is 6.92 Å². The first-order valence-corrected chi connectivity index (χ1v) is 4.62. The van der Waals surface area contributed by atoms with Crippen LogP contribution in [-0.4, -0.2) is 15.4 Å². The minimum Gasteiger partial charge on any atom is -0.457 e. The molecular formula is C7H11Cl3O2. The number of hydrogen-bond donors (Lipinski definition) is 0. The zero-order valence-corrected chi connectivity index (χ0v) is 9.43. The number of esters is 1. The van der Waals surface area contributed by atoms with Crippen molar-refractivity contribution < 1.29 is 9.53 Å². The van der Waals surface area contributed by atoms with Gasteiger partial charge in [0.1, 0.15) is 5.60 Å². The summed E-state index contributed by atoms with van der Waals surface area (Å²) in [6.07, 6.45) is 0.666. The molecule has 0 heterocycles. The lowest BCUT2D eigenvalue weighted by Crippen LogP contribution is -2.33. The van der Waals surface area contributed by atoms with Crippen molar-refractivity contribution in [2.24, 2.45) is 0 Å². The molecule has 12 heavy (non-hydrogen) atoms. The lowest BCUT2D eigenvalue weighted by atomic mass is 10.1. The predicted molar refractivity (Wildman–Crippen MR) is 50.8 cm³/mol. The molecule has 0 atom stereocenters. The van der Waals surface area contributed by atoms with E-state index in [2.05, 4.69) is 0 Å². The van der Waals surface area contributed by atoms with Gasteiger partial charge < -0.3 is 4.74 Å². The number of halogens is 3. The molecule has 0 aromatic rings. The first kappa shape index (κ1) is 12.3. The van der Waals surface area contributed by atoms with Gasteiger partial charge in [-0.15, -0.1) is 0 Å². The molecule has 0 spiro atoms. The summed E-state index contributed by atoms with van der Waals surface area (Å²) >= 11 is 15.9. The predicted octanol–water partition coefficient (Wildman–Crippen LogP) is 3.09. The van der Waals surface area contributed by atoms with Crippen LogP contribution in [0.4, 0.5) is 0 Å². The topological polar surface area (TPSA) is 26.3 Å². The summed E-state index contributed by atoms with van der Waals surface area (Å²) in [7, 11) is 0. The highest BCUT2D eigenvalue weighted by Gasteiger charge is 2.36. The van der Waals surface area contributed by atoms with Crippen molar-refractivity contribution in [3.8, 4) is 0 Å². The van der Waals surface area contributed by atoms with Gasteiger partial charge in [0, 0.05) is 0 Å². The summed E-state index contributed by atoms with van der Waals surface area (Å²) in [5.41, 5.74) is -0.582. The quantitative estimate of drug-likeness (QED) is 0.541. The maximum Gasteiger partial charge on any atom is 0.359 e. The smallest absolute Gasteiger partial charge is 0.359 e. The molecule has 0 unspecified atom stereocenters. The van der Waals surface area contributed by atoms with E-state index in [1.54, 1.807) is 13.8 Å². The van der Waals surface area contributed by atoms with Crippen molar-refractivity contribution in [1.29, 1.82) is 0 Å². The Balaban J connectivity index is 4.20. The normalized spacial score (nSPS) is 12.8. The van der Waals surface area contributed by atoms with Gasteiger partial charge >= 0.3 is 5.97 Å². The van der Waals surface area contributed by atoms with Crippen LogP contribution < -0.4 is 0 Å². The number of alkyl halides is 3. The van der Waals surface area contributed by atoms with E-state index >= 15 is 0 Å². The molecule has 0 aliphatic heterocycles. The van der Waals surface area contributed by atoms with Crippen LogP contribution in [0.1, 0.15) is 27.2 Å². The van der Waals surface area contributed by atoms with Gasteiger partial charge in [0.05, 0.1) is 0 Å². The summed E-state index contributed by atoms with van der Waals surface area (Å²) in [5.74, 6) is -0.834. The molecule has 0 aromatic heterocycles. The van der Waals surface area contributed by atoms with Gasteiger partial charge in [-0.25, -0.2) is 4.79 Å². The Hall–Kier alpha value is 0.340. The number of carbonyl (C=O) groups excluding carboxylic acids is 1.